The highest BCUT2D eigenvalue weighted by Gasteiger charge is 2.21. The van der Waals surface area contributed by atoms with Crippen molar-refractivity contribution in [2.45, 2.75) is 129 Å². The summed E-state index contributed by atoms with van der Waals surface area (Å²) in [5.41, 5.74) is 0. The zero-order valence-electron chi connectivity index (χ0n) is 16.7. The lowest BCUT2D eigenvalue weighted by Gasteiger charge is -2.02. The van der Waals surface area contributed by atoms with Gasteiger partial charge in [-0.3, -0.25) is 4.79 Å². The number of carboxylic acids is 1. The van der Waals surface area contributed by atoms with Crippen molar-refractivity contribution in [3.63, 3.8) is 0 Å². The molecule has 0 bridgehead atoms. The first-order valence-electron chi connectivity index (χ1n) is 10.9. The standard InChI is InChI=1S/C16H34.C6H10O2/c1-3-5-7-9-11-13-15-16-14-12-10-8-6-4-2;7-6(8)5-3-1-2-4-5/h3-16H2,1-2H3;5H,1-4H2,(H,7,8). The number of hydrogen-bond acceptors (Lipinski definition) is 1. The van der Waals surface area contributed by atoms with Gasteiger partial charge in [-0.25, -0.2) is 0 Å². The summed E-state index contributed by atoms with van der Waals surface area (Å²) in [5.74, 6) is -0.627. The summed E-state index contributed by atoms with van der Waals surface area (Å²) in [7, 11) is 0. The van der Waals surface area contributed by atoms with Crippen LogP contribution in [0.15, 0.2) is 0 Å². The number of carbonyl (C=O) groups is 1. The summed E-state index contributed by atoms with van der Waals surface area (Å²) in [6, 6.07) is 0. The van der Waals surface area contributed by atoms with Crippen molar-refractivity contribution in [1.82, 2.24) is 0 Å². The molecule has 1 aliphatic carbocycles. The molecule has 0 aromatic heterocycles. The van der Waals surface area contributed by atoms with Gasteiger partial charge in [-0.05, 0) is 12.8 Å². The van der Waals surface area contributed by atoms with Crippen LogP contribution in [0.5, 0.6) is 0 Å². The smallest absolute Gasteiger partial charge is 0.306 e. The van der Waals surface area contributed by atoms with Crippen molar-refractivity contribution in [3.05, 3.63) is 0 Å². The minimum absolute atomic E-state index is 0.0185. The van der Waals surface area contributed by atoms with Gasteiger partial charge in [-0.15, -0.1) is 0 Å². The van der Waals surface area contributed by atoms with Crippen molar-refractivity contribution in [2.75, 3.05) is 0 Å². The second kappa shape index (κ2) is 18.8. The van der Waals surface area contributed by atoms with Crippen LogP contribution in [0.1, 0.15) is 129 Å². The van der Waals surface area contributed by atoms with Gasteiger partial charge >= 0.3 is 5.97 Å². The van der Waals surface area contributed by atoms with Crippen molar-refractivity contribution in [2.24, 2.45) is 5.92 Å². The SMILES string of the molecule is CCCCCCCCCCCCCCCC.O=C(O)C1CCCC1. The van der Waals surface area contributed by atoms with Crippen LogP contribution in [0.25, 0.3) is 0 Å². The first kappa shape index (κ1) is 23.5. The third-order valence-electron chi connectivity index (χ3n) is 5.16. The maximum atomic E-state index is 10.2. The van der Waals surface area contributed by atoms with E-state index in [-0.39, 0.29) is 5.92 Å². The van der Waals surface area contributed by atoms with Crippen LogP contribution >= 0.6 is 0 Å². The van der Waals surface area contributed by atoms with Gasteiger partial charge < -0.3 is 5.11 Å². The van der Waals surface area contributed by atoms with Crippen LogP contribution in [0.3, 0.4) is 0 Å². The van der Waals surface area contributed by atoms with Crippen LogP contribution in [-0.4, -0.2) is 11.1 Å². The van der Waals surface area contributed by atoms with Crippen molar-refractivity contribution < 1.29 is 9.90 Å². The number of unbranched alkanes of at least 4 members (excludes halogenated alkanes) is 13. The van der Waals surface area contributed by atoms with Gasteiger partial charge in [0, 0.05) is 0 Å². The van der Waals surface area contributed by atoms with Gasteiger partial charge in [0.25, 0.3) is 0 Å². The third kappa shape index (κ3) is 16.3. The first-order chi connectivity index (χ1) is 11.7. The second-order valence-corrected chi connectivity index (χ2v) is 7.56. The third-order valence-corrected chi connectivity index (χ3v) is 5.16. The Labute approximate surface area is 151 Å². The van der Waals surface area contributed by atoms with Crippen LogP contribution in [0, 0.1) is 5.92 Å². The quantitative estimate of drug-likeness (QED) is 0.328. The normalized spacial score (nSPS) is 14.4. The van der Waals surface area contributed by atoms with Crippen molar-refractivity contribution in [3.8, 4) is 0 Å². The van der Waals surface area contributed by atoms with Gasteiger partial charge in [-0.1, -0.05) is 117 Å². The van der Waals surface area contributed by atoms with E-state index in [0.717, 1.165) is 25.7 Å². The molecule has 1 fully saturated rings. The van der Waals surface area contributed by atoms with Gasteiger partial charge in [0.1, 0.15) is 0 Å². The molecule has 0 aromatic rings. The largest absolute Gasteiger partial charge is 0.481 e. The zero-order chi connectivity index (χ0) is 17.9. The lowest BCUT2D eigenvalue weighted by Crippen LogP contribution is -2.07. The number of hydrogen-bond donors (Lipinski definition) is 1. The molecule has 0 aliphatic heterocycles. The summed E-state index contributed by atoms with van der Waals surface area (Å²) < 4.78 is 0. The van der Waals surface area contributed by atoms with Crippen LogP contribution in [-0.2, 0) is 4.79 Å². The maximum absolute atomic E-state index is 10.2. The van der Waals surface area contributed by atoms with Crippen LogP contribution in [0.2, 0.25) is 0 Å². The van der Waals surface area contributed by atoms with Crippen LogP contribution < -0.4 is 0 Å². The highest BCUT2D eigenvalue weighted by atomic mass is 16.4. The number of aliphatic carboxylic acids is 1. The lowest BCUT2D eigenvalue weighted by molar-refractivity contribution is -0.141. The minimum atomic E-state index is -0.609. The minimum Gasteiger partial charge on any atom is -0.481 e. The molecule has 0 radical (unpaired) electrons. The summed E-state index contributed by atoms with van der Waals surface area (Å²) in [6.07, 6.45) is 24.4. The lowest BCUT2D eigenvalue weighted by atomic mass is 10.0. The highest BCUT2D eigenvalue weighted by Crippen LogP contribution is 2.24. The summed E-state index contributed by atoms with van der Waals surface area (Å²) >= 11 is 0. The molecule has 1 rings (SSSR count). The van der Waals surface area contributed by atoms with E-state index in [9.17, 15) is 4.79 Å². The number of rotatable bonds is 14. The maximum Gasteiger partial charge on any atom is 0.306 e. The molecule has 0 saturated heterocycles. The average Bonchev–Trinajstić information content (AvgIpc) is 3.11. The van der Waals surface area contributed by atoms with E-state index in [4.69, 9.17) is 5.11 Å². The summed E-state index contributed by atoms with van der Waals surface area (Å²) in [4.78, 5) is 10.2. The Hall–Kier alpha value is -0.530. The van der Waals surface area contributed by atoms with E-state index >= 15 is 0 Å². The molecule has 1 N–H and O–H groups in total. The van der Waals surface area contributed by atoms with E-state index in [2.05, 4.69) is 13.8 Å². The fourth-order valence-corrected chi connectivity index (χ4v) is 3.44. The molecule has 0 spiro atoms. The second-order valence-electron chi connectivity index (χ2n) is 7.56. The van der Waals surface area contributed by atoms with E-state index in [1.54, 1.807) is 0 Å². The predicted octanol–water partition coefficient (Wildman–Crippen LogP) is 7.75. The Morgan fingerprint density at radius 1 is 0.667 bits per heavy atom. The van der Waals surface area contributed by atoms with Gasteiger partial charge in [0.15, 0.2) is 0 Å². The molecule has 144 valence electrons. The fraction of sp³-hybridized carbons (Fsp3) is 0.955. The van der Waals surface area contributed by atoms with Gasteiger partial charge in [0.05, 0.1) is 5.92 Å². The summed E-state index contributed by atoms with van der Waals surface area (Å²) in [6.45, 7) is 4.58. The molecule has 1 saturated carbocycles. The van der Waals surface area contributed by atoms with Gasteiger partial charge in [-0.2, -0.15) is 0 Å². The Morgan fingerprint density at radius 2 is 0.958 bits per heavy atom. The van der Waals surface area contributed by atoms with Crippen LogP contribution in [0.4, 0.5) is 0 Å². The first-order valence-corrected chi connectivity index (χ1v) is 10.9. The molecular formula is C22H44O2. The van der Waals surface area contributed by atoms with E-state index in [1.807, 2.05) is 0 Å². The average molecular weight is 341 g/mol. The van der Waals surface area contributed by atoms with E-state index in [0.29, 0.717) is 0 Å². The molecule has 0 heterocycles. The Balaban J connectivity index is 0.000000546. The fourth-order valence-electron chi connectivity index (χ4n) is 3.44. The topological polar surface area (TPSA) is 37.3 Å². The molecule has 2 heteroatoms. The zero-order valence-corrected chi connectivity index (χ0v) is 16.7. The Kier molecular flexibility index (Phi) is 18.4. The van der Waals surface area contributed by atoms with E-state index < -0.39 is 5.97 Å². The molecule has 1 aliphatic rings. The number of carboxylic acid groups (broad SMARTS) is 1. The monoisotopic (exact) mass is 340 g/mol. The van der Waals surface area contributed by atoms with Crippen molar-refractivity contribution >= 4 is 5.97 Å². The Bertz CT molecular complexity index is 243. The molecule has 0 amide bonds. The highest BCUT2D eigenvalue weighted by molar-refractivity contribution is 5.70. The van der Waals surface area contributed by atoms with Crippen molar-refractivity contribution in [1.29, 1.82) is 0 Å². The Morgan fingerprint density at radius 3 is 1.17 bits per heavy atom. The molecular weight excluding hydrogens is 296 g/mol. The molecule has 0 aromatic carbocycles. The molecule has 24 heavy (non-hydrogen) atoms. The molecule has 0 unspecified atom stereocenters. The summed E-state index contributed by atoms with van der Waals surface area (Å²) in [5, 5.41) is 8.41. The molecule has 0 atom stereocenters. The van der Waals surface area contributed by atoms with E-state index in [1.165, 1.54) is 89.9 Å². The van der Waals surface area contributed by atoms with Gasteiger partial charge in [0.2, 0.25) is 0 Å². The molecule has 2 nitrogen and oxygen atoms in total. The predicted molar refractivity (Wildman–Crippen MR) is 106 cm³/mol.